The predicted molar refractivity (Wildman–Crippen MR) is 113 cm³/mol. The van der Waals surface area contributed by atoms with Gasteiger partial charge < -0.3 is 15.1 Å². The molecule has 1 fully saturated rings. The Morgan fingerprint density at radius 3 is 2.73 bits per heavy atom. The Labute approximate surface area is 175 Å². The van der Waals surface area contributed by atoms with Crippen LogP contribution in [0, 0.1) is 5.82 Å². The predicted octanol–water partition coefficient (Wildman–Crippen LogP) is 4.66. The minimum Gasteiger partial charge on any atom is -0.444 e. The van der Waals surface area contributed by atoms with E-state index < -0.39 is 0 Å². The van der Waals surface area contributed by atoms with Gasteiger partial charge in [-0.3, -0.25) is 4.90 Å². The Hall–Kier alpha value is -3.19. The third-order valence-corrected chi connectivity index (χ3v) is 5.29. The summed E-state index contributed by atoms with van der Waals surface area (Å²) >= 11 is 0. The third kappa shape index (κ3) is 5.24. The Bertz CT molecular complexity index is 959. The third-order valence-electron chi connectivity index (χ3n) is 5.29. The Kier molecular flexibility index (Phi) is 6.39. The van der Waals surface area contributed by atoms with Crippen LogP contribution in [0.4, 0.5) is 14.9 Å². The standard InChI is InChI=1S/C23H25FN4O2/c24-18-11-9-17(10-12-18)22-26-20(16-30-22)15-28-13-5-4-8-21(28)14-25-23(29)27-19-6-2-1-3-7-19/h1-3,6-7,9-12,16,21H,4-5,8,13-15H2,(H2,25,27,29). The Balaban J connectivity index is 1.33. The molecule has 1 unspecified atom stereocenters. The number of para-hydroxylation sites is 1. The molecular formula is C23H25FN4O2. The highest BCUT2D eigenvalue weighted by Gasteiger charge is 2.24. The van der Waals surface area contributed by atoms with Crippen molar-refractivity contribution in [3.63, 3.8) is 0 Å². The van der Waals surface area contributed by atoms with Crippen molar-refractivity contribution in [1.82, 2.24) is 15.2 Å². The Morgan fingerprint density at radius 1 is 1.13 bits per heavy atom. The summed E-state index contributed by atoms with van der Waals surface area (Å²) in [6.07, 6.45) is 4.94. The van der Waals surface area contributed by atoms with Gasteiger partial charge in [-0.1, -0.05) is 24.6 Å². The highest BCUT2D eigenvalue weighted by atomic mass is 19.1. The maximum Gasteiger partial charge on any atom is 0.319 e. The quantitative estimate of drug-likeness (QED) is 0.623. The first-order valence-corrected chi connectivity index (χ1v) is 10.2. The number of halogens is 1. The van der Waals surface area contributed by atoms with Crippen molar-refractivity contribution in [2.75, 3.05) is 18.4 Å². The van der Waals surface area contributed by atoms with Crippen LogP contribution in [0.3, 0.4) is 0 Å². The molecular weight excluding hydrogens is 383 g/mol. The van der Waals surface area contributed by atoms with Gasteiger partial charge in [0.15, 0.2) is 0 Å². The van der Waals surface area contributed by atoms with Crippen molar-refractivity contribution >= 4 is 11.7 Å². The van der Waals surface area contributed by atoms with Gasteiger partial charge in [0.1, 0.15) is 12.1 Å². The number of aromatic nitrogens is 1. The van der Waals surface area contributed by atoms with Gasteiger partial charge in [0.05, 0.1) is 5.69 Å². The summed E-state index contributed by atoms with van der Waals surface area (Å²) in [4.78, 5) is 19.1. The first-order chi connectivity index (χ1) is 14.7. The molecule has 156 valence electrons. The normalized spacial score (nSPS) is 16.9. The zero-order valence-electron chi connectivity index (χ0n) is 16.7. The summed E-state index contributed by atoms with van der Waals surface area (Å²) in [7, 11) is 0. The molecule has 1 atom stereocenters. The van der Waals surface area contributed by atoms with Gasteiger partial charge in [0.25, 0.3) is 0 Å². The molecule has 1 saturated heterocycles. The number of rotatable bonds is 6. The molecule has 4 rings (SSSR count). The van der Waals surface area contributed by atoms with Crippen molar-refractivity contribution in [3.8, 4) is 11.5 Å². The first-order valence-electron chi connectivity index (χ1n) is 10.2. The molecule has 0 radical (unpaired) electrons. The minimum atomic E-state index is -0.287. The van der Waals surface area contributed by atoms with Crippen molar-refractivity contribution in [3.05, 3.63) is 72.4 Å². The van der Waals surface area contributed by atoms with E-state index in [1.807, 2.05) is 30.3 Å². The summed E-state index contributed by atoms with van der Waals surface area (Å²) in [6.45, 7) is 2.17. The van der Waals surface area contributed by atoms with Gasteiger partial charge in [0.2, 0.25) is 5.89 Å². The summed E-state index contributed by atoms with van der Waals surface area (Å²) < 4.78 is 18.7. The number of benzene rings is 2. The number of urea groups is 1. The van der Waals surface area contributed by atoms with Crippen LogP contribution < -0.4 is 10.6 Å². The lowest BCUT2D eigenvalue weighted by molar-refractivity contribution is 0.137. The highest BCUT2D eigenvalue weighted by molar-refractivity contribution is 5.89. The number of amides is 2. The van der Waals surface area contributed by atoms with E-state index in [1.165, 1.54) is 12.1 Å². The zero-order valence-corrected chi connectivity index (χ0v) is 16.7. The highest BCUT2D eigenvalue weighted by Crippen LogP contribution is 2.22. The van der Waals surface area contributed by atoms with Crippen molar-refractivity contribution in [2.24, 2.45) is 0 Å². The van der Waals surface area contributed by atoms with Crippen LogP contribution in [0.5, 0.6) is 0 Å². The molecule has 2 amide bonds. The lowest BCUT2D eigenvalue weighted by Gasteiger charge is -2.35. The van der Waals surface area contributed by atoms with Gasteiger partial charge in [-0.2, -0.15) is 0 Å². The number of carbonyl (C=O) groups excluding carboxylic acids is 1. The van der Waals surface area contributed by atoms with E-state index in [9.17, 15) is 9.18 Å². The summed E-state index contributed by atoms with van der Waals surface area (Å²) in [6, 6.07) is 15.5. The molecule has 1 aromatic heterocycles. The van der Waals surface area contributed by atoms with Gasteiger partial charge >= 0.3 is 6.03 Å². The van der Waals surface area contributed by atoms with E-state index in [0.29, 0.717) is 19.0 Å². The van der Waals surface area contributed by atoms with Crippen molar-refractivity contribution in [1.29, 1.82) is 0 Å². The molecule has 2 aromatic carbocycles. The van der Waals surface area contributed by atoms with Gasteiger partial charge in [-0.05, 0) is 55.8 Å². The Morgan fingerprint density at radius 2 is 1.93 bits per heavy atom. The largest absolute Gasteiger partial charge is 0.444 e. The van der Waals surface area contributed by atoms with Crippen LogP contribution in [0.15, 0.2) is 65.3 Å². The molecule has 3 aromatic rings. The van der Waals surface area contributed by atoms with E-state index in [2.05, 4.69) is 20.5 Å². The summed E-state index contributed by atoms with van der Waals surface area (Å²) in [5.41, 5.74) is 2.35. The van der Waals surface area contributed by atoms with Gasteiger partial charge in [-0.25, -0.2) is 14.2 Å². The SMILES string of the molecule is O=C(NCC1CCCCN1Cc1coc(-c2ccc(F)cc2)n1)Nc1ccccc1. The number of anilines is 1. The lowest BCUT2D eigenvalue weighted by atomic mass is 10.0. The smallest absolute Gasteiger partial charge is 0.319 e. The van der Waals surface area contributed by atoms with E-state index in [-0.39, 0.29) is 17.9 Å². The molecule has 6 nitrogen and oxygen atoms in total. The molecule has 0 aliphatic carbocycles. The van der Waals surface area contributed by atoms with Crippen molar-refractivity contribution in [2.45, 2.75) is 31.8 Å². The minimum absolute atomic E-state index is 0.202. The molecule has 0 saturated carbocycles. The second-order valence-electron chi connectivity index (χ2n) is 7.47. The average Bonchev–Trinajstić information content (AvgIpc) is 3.23. The number of hydrogen-bond donors (Lipinski definition) is 2. The number of carbonyl (C=O) groups is 1. The van der Waals surface area contributed by atoms with Crippen LogP contribution >= 0.6 is 0 Å². The molecule has 1 aliphatic heterocycles. The fraction of sp³-hybridized carbons (Fsp3) is 0.304. The van der Waals surface area contributed by atoms with Gasteiger partial charge in [-0.15, -0.1) is 0 Å². The van der Waals surface area contributed by atoms with Crippen LogP contribution in [0.25, 0.3) is 11.5 Å². The molecule has 7 heteroatoms. The number of oxazole rings is 1. The number of piperidine rings is 1. The molecule has 30 heavy (non-hydrogen) atoms. The van der Waals surface area contributed by atoms with E-state index >= 15 is 0 Å². The number of nitrogens with zero attached hydrogens (tertiary/aromatic N) is 2. The number of hydrogen-bond acceptors (Lipinski definition) is 4. The molecule has 2 heterocycles. The second kappa shape index (κ2) is 9.54. The maximum absolute atomic E-state index is 13.1. The fourth-order valence-corrected chi connectivity index (χ4v) is 3.72. The summed E-state index contributed by atoms with van der Waals surface area (Å²) in [5.74, 6) is 0.199. The first kappa shape index (κ1) is 20.1. The van der Waals surface area contributed by atoms with Crippen LogP contribution in [-0.2, 0) is 6.54 Å². The molecule has 2 N–H and O–H groups in total. The van der Waals surface area contributed by atoms with Crippen LogP contribution in [0.1, 0.15) is 25.0 Å². The van der Waals surface area contributed by atoms with E-state index in [4.69, 9.17) is 4.42 Å². The summed E-state index contributed by atoms with van der Waals surface area (Å²) in [5, 5.41) is 5.83. The number of nitrogens with one attached hydrogen (secondary N) is 2. The van der Waals surface area contributed by atoms with E-state index in [1.54, 1.807) is 18.4 Å². The average molecular weight is 408 g/mol. The topological polar surface area (TPSA) is 70.4 Å². The fourth-order valence-electron chi connectivity index (χ4n) is 3.72. The van der Waals surface area contributed by atoms with Crippen molar-refractivity contribution < 1.29 is 13.6 Å². The second-order valence-corrected chi connectivity index (χ2v) is 7.47. The molecule has 0 spiro atoms. The van der Waals surface area contributed by atoms with Crippen LogP contribution in [-0.4, -0.2) is 35.0 Å². The monoisotopic (exact) mass is 408 g/mol. The zero-order chi connectivity index (χ0) is 20.8. The number of likely N-dealkylation sites (tertiary alicyclic amines) is 1. The lowest BCUT2D eigenvalue weighted by Crippen LogP contribution is -2.47. The maximum atomic E-state index is 13.1. The molecule has 1 aliphatic rings. The van der Waals surface area contributed by atoms with Crippen LogP contribution in [0.2, 0.25) is 0 Å². The van der Waals surface area contributed by atoms with E-state index in [0.717, 1.165) is 42.8 Å². The molecule has 0 bridgehead atoms. The van der Waals surface area contributed by atoms with Gasteiger partial charge in [0, 0.05) is 30.4 Å².